The molecule has 202 valence electrons. The standard InChI is InChI=1S/C29H36N4O5/c1-7-9-21(15-25(34)35)33-22-13-12-20(30-27(36)38-29(3,4)5)14-24(22)32(28(33)37)17-19-16-31(6)23-11-8-10-18(2)26(19)23/h8,10-14,16,21H,7,9,15,17H2,1-6H3,(H,30,36)(H,34,35). The summed E-state index contributed by atoms with van der Waals surface area (Å²) in [7, 11) is 1.98. The number of rotatable bonds is 8. The normalized spacial score (nSPS) is 12.7. The number of anilines is 1. The van der Waals surface area contributed by atoms with Crippen molar-refractivity contribution in [3.63, 3.8) is 0 Å². The van der Waals surface area contributed by atoms with E-state index in [-0.39, 0.29) is 12.1 Å². The maximum Gasteiger partial charge on any atom is 0.412 e. The van der Waals surface area contributed by atoms with Crippen LogP contribution >= 0.6 is 0 Å². The minimum absolute atomic E-state index is 0.155. The summed E-state index contributed by atoms with van der Waals surface area (Å²) in [5, 5.41) is 13.4. The fraction of sp³-hybridized carbons (Fsp3) is 0.414. The van der Waals surface area contributed by atoms with Gasteiger partial charge in [0.1, 0.15) is 5.60 Å². The first-order chi connectivity index (χ1) is 17.9. The molecule has 4 aromatic rings. The van der Waals surface area contributed by atoms with E-state index in [2.05, 4.69) is 5.32 Å². The van der Waals surface area contributed by atoms with Crippen molar-refractivity contribution >= 4 is 39.7 Å². The maximum absolute atomic E-state index is 14.0. The fourth-order valence-electron chi connectivity index (χ4n) is 5.16. The van der Waals surface area contributed by atoms with Crippen LogP contribution in [-0.4, -0.2) is 36.5 Å². The number of fused-ring (bicyclic) bond motifs is 2. The van der Waals surface area contributed by atoms with E-state index in [1.165, 1.54) is 0 Å². The number of hydrogen-bond acceptors (Lipinski definition) is 4. The summed E-state index contributed by atoms with van der Waals surface area (Å²) in [6, 6.07) is 10.8. The maximum atomic E-state index is 14.0. The number of nitrogens with one attached hydrogen (secondary N) is 1. The van der Waals surface area contributed by atoms with Crippen molar-refractivity contribution in [1.29, 1.82) is 0 Å². The molecular weight excluding hydrogens is 484 g/mol. The van der Waals surface area contributed by atoms with Crippen LogP contribution < -0.4 is 11.0 Å². The molecule has 0 aliphatic heterocycles. The number of carbonyl (C=O) groups excluding carboxylic acids is 1. The Morgan fingerprint density at radius 2 is 1.84 bits per heavy atom. The van der Waals surface area contributed by atoms with Crippen LogP contribution in [0.5, 0.6) is 0 Å². The second-order valence-electron chi connectivity index (χ2n) is 10.8. The zero-order valence-electron chi connectivity index (χ0n) is 22.9. The first kappa shape index (κ1) is 27.0. The molecule has 0 aliphatic carbocycles. The Morgan fingerprint density at radius 3 is 2.50 bits per heavy atom. The summed E-state index contributed by atoms with van der Waals surface area (Å²) in [6.45, 7) is 9.68. The van der Waals surface area contributed by atoms with Crippen LogP contribution in [0.25, 0.3) is 21.9 Å². The van der Waals surface area contributed by atoms with Gasteiger partial charge in [-0.15, -0.1) is 0 Å². The van der Waals surface area contributed by atoms with Gasteiger partial charge in [0.2, 0.25) is 0 Å². The molecule has 0 saturated carbocycles. The zero-order chi connectivity index (χ0) is 27.8. The molecule has 1 amide bonds. The summed E-state index contributed by atoms with van der Waals surface area (Å²) >= 11 is 0. The predicted molar refractivity (Wildman–Crippen MR) is 149 cm³/mol. The Kier molecular flexibility index (Phi) is 7.40. The molecule has 38 heavy (non-hydrogen) atoms. The summed E-state index contributed by atoms with van der Waals surface area (Å²) in [4.78, 5) is 38.1. The number of hydrogen-bond donors (Lipinski definition) is 2. The van der Waals surface area contributed by atoms with Crippen LogP contribution in [0.15, 0.2) is 47.4 Å². The fourth-order valence-corrected chi connectivity index (χ4v) is 5.16. The Hall–Kier alpha value is -4.01. The highest BCUT2D eigenvalue weighted by Crippen LogP contribution is 2.29. The molecule has 0 bridgehead atoms. The molecule has 0 radical (unpaired) electrons. The Balaban J connectivity index is 1.88. The molecule has 4 rings (SSSR count). The lowest BCUT2D eigenvalue weighted by atomic mass is 10.1. The van der Waals surface area contributed by atoms with Gasteiger partial charge in [-0.2, -0.15) is 0 Å². The van der Waals surface area contributed by atoms with Crippen LogP contribution in [0, 0.1) is 6.92 Å². The van der Waals surface area contributed by atoms with E-state index in [9.17, 15) is 19.5 Å². The third kappa shape index (κ3) is 5.46. The van der Waals surface area contributed by atoms with E-state index >= 15 is 0 Å². The molecule has 0 aliphatic rings. The molecule has 0 saturated heterocycles. The highest BCUT2D eigenvalue weighted by atomic mass is 16.6. The van der Waals surface area contributed by atoms with E-state index in [1.54, 1.807) is 48.1 Å². The lowest BCUT2D eigenvalue weighted by molar-refractivity contribution is -0.137. The Bertz CT molecular complexity index is 1570. The SMILES string of the molecule is CCCC(CC(=O)O)n1c(=O)n(Cc2cn(C)c3cccc(C)c23)c2cc(NC(=O)OC(C)(C)C)ccc21. The summed E-state index contributed by atoms with van der Waals surface area (Å²) in [5.41, 5.74) is 3.95. The molecule has 1 atom stereocenters. The molecule has 2 heterocycles. The second kappa shape index (κ2) is 10.4. The van der Waals surface area contributed by atoms with Crippen molar-refractivity contribution < 1.29 is 19.4 Å². The van der Waals surface area contributed by atoms with Crippen molar-refractivity contribution in [3.05, 3.63) is 64.2 Å². The van der Waals surface area contributed by atoms with E-state index in [4.69, 9.17) is 4.74 Å². The monoisotopic (exact) mass is 520 g/mol. The number of aryl methyl sites for hydroxylation is 2. The number of carboxylic acid groups (broad SMARTS) is 1. The smallest absolute Gasteiger partial charge is 0.412 e. The number of carbonyl (C=O) groups is 2. The predicted octanol–water partition coefficient (Wildman–Crippen LogP) is 5.81. The largest absolute Gasteiger partial charge is 0.481 e. The van der Waals surface area contributed by atoms with E-state index in [1.807, 2.05) is 49.9 Å². The third-order valence-corrected chi connectivity index (χ3v) is 6.64. The minimum Gasteiger partial charge on any atom is -0.481 e. The third-order valence-electron chi connectivity index (χ3n) is 6.64. The molecule has 0 fully saturated rings. The van der Waals surface area contributed by atoms with Crippen molar-refractivity contribution in [3.8, 4) is 0 Å². The molecular formula is C29H36N4O5. The van der Waals surface area contributed by atoms with E-state index < -0.39 is 23.7 Å². The van der Waals surface area contributed by atoms with Gasteiger partial charge < -0.3 is 14.4 Å². The van der Waals surface area contributed by atoms with Crippen LogP contribution in [0.2, 0.25) is 0 Å². The van der Waals surface area contributed by atoms with Gasteiger partial charge in [-0.25, -0.2) is 9.59 Å². The van der Waals surface area contributed by atoms with Gasteiger partial charge in [0, 0.05) is 35.9 Å². The van der Waals surface area contributed by atoms with Crippen LogP contribution in [0.3, 0.4) is 0 Å². The second-order valence-corrected chi connectivity index (χ2v) is 10.8. The van der Waals surface area contributed by atoms with Gasteiger partial charge in [-0.3, -0.25) is 19.2 Å². The van der Waals surface area contributed by atoms with Crippen LogP contribution in [-0.2, 0) is 23.1 Å². The average Bonchev–Trinajstić information content (AvgIpc) is 3.26. The molecule has 2 N–H and O–H groups in total. The number of ether oxygens (including phenoxy) is 1. The summed E-state index contributed by atoms with van der Waals surface area (Å²) in [5.74, 6) is -0.954. The van der Waals surface area contributed by atoms with E-state index in [0.717, 1.165) is 28.5 Å². The van der Waals surface area contributed by atoms with Crippen molar-refractivity contribution in [1.82, 2.24) is 13.7 Å². The van der Waals surface area contributed by atoms with Gasteiger partial charge in [0.15, 0.2) is 0 Å². The topological polar surface area (TPSA) is 107 Å². The Labute approximate surface area is 221 Å². The lowest BCUT2D eigenvalue weighted by Crippen LogP contribution is -2.29. The van der Waals surface area contributed by atoms with Crippen molar-refractivity contribution in [2.45, 2.75) is 72.1 Å². The average molecular weight is 521 g/mol. The van der Waals surface area contributed by atoms with Crippen LogP contribution in [0.1, 0.15) is 64.1 Å². The quantitative estimate of drug-likeness (QED) is 0.305. The van der Waals surface area contributed by atoms with Gasteiger partial charge in [0.05, 0.1) is 24.0 Å². The number of carboxylic acids is 1. The van der Waals surface area contributed by atoms with Crippen molar-refractivity contribution in [2.24, 2.45) is 7.05 Å². The highest BCUT2D eigenvalue weighted by molar-refractivity contribution is 5.90. The van der Waals surface area contributed by atoms with Gasteiger partial charge in [-0.05, 0) is 69.5 Å². The summed E-state index contributed by atoms with van der Waals surface area (Å²) in [6.07, 6.45) is 2.56. The minimum atomic E-state index is -0.954. The molecule has 2 aromatic carbocycles. The first-order valence-electron chi connectivity index (χ1n) is 12.9. The number of nitrogens with zero attached hydrogens (tertiary/aromatic N) is 3. The van der Waals surface area contributed by atoms with E-state index in [0.29, 0.717) is 29.7 Å². The van der Waals surface area contributed by atoms with Crippen LogP contribution in [0.4, 0.5) is 10.5 Å². The molecule has 2 aromatic heterocycles. The number of imidazole rings is 1. The first-order valence-corrected chi connectivity index (χ1v) is 12.9. The summed E-state index contributed by atoms with van der Waals surface area (Å²) < 4.78 is 10.7. The number of aromatic nitrogens is 3. The molecule has 0 spiro atoms. The Morgan fingerprint density at radius 1 is 1.11 bits per heavy atom. The molecule has 9 nitrogen and oxygen atoms in total. The lowest BCUT2D eigenvalue weighted by Gasteiger charge is -2.19. The molecule has 9 heteroatoms. The van der Waals surface area contributed by atoms with Gasteiger partial charge in [-0.1, -0.05) is 25.5 Å². The number of aliphatic carboxylic acids is 1. The number of amides is 1. The van der Waals surface area contributed by atoms with Gasteiger partial charge in [0.25, 0.3) is 0 Å². The molecule has 1 unspecified atom stereocenters. The van der Waals surface area contributed by atoms with Gasteiger partial charge >= 0.3 is 17.8 Å². The van der Waals surface area contributed by atoms with Crippen molar-refractivity contribution in [2.75, 3.05) is 5.32 Å². The zero-order valence-corrected chi connectivity index (χ0v) is 22.9. The number of benzene rings is 2. The highest BCUT2D eigenvalue weighted by Gasteiger charge is 2.24.